The van der Waals surface area contributed by atoms with Gasteiger partial charge < -0.3 is 9.63 Å². The highest BCUT2D eigenvalue weighted by molar-refractivity contribution is 7.12. The van der Waals surface area contributed by atoms with Crippen LogP contribution in [-0.2, 0) is 6.54 Å². The molecular formula is C20H27N3O2S. The fraction of sp³-hybridized carbons (Fsp3) is 0.600. The van der Waals surface area contributed by atoms with Crippen LogP contribution >= 0.6 is 11.3 Å². The third kappa shape index (κ3) is 5.16. The van der Waals surface area contributed by atoms with Crippen molar-refractivity contribution in [3.63, 3.8) is 0 Å². The maximum absolute atomic E-state index is 9.72. The molecule has 3 heterocycles. The van der Waals surface area contributed by atoms with Crippen LogP contribution < -0.4 is 0 Å². The molecule has 0 radical (unpaired) electrons. The number of hydrogen-bond acceptors (Lipinski definition) is 6. The van der Waals surface area contributed by atoms with Crippen molar-refractivity contribution in [1.29, 1.82) is 0 Å². The molecule has 2 aromatic heterocycles. The Morgan fingerprint density at radius 1 is 1.42 bits per heavy atom. The Morgan fingerprint density at radius 3 is 2.92 bits per heavy atom. The minimum Gasteiger partial charge on any atom is -0.378 e. The maximum Gasteiger partial charge on any atom is 0.231 e. The van der Waals surface area contributed by atoms with Crippen molar-refractivity contribution in [3.05, 3.63) is 33.6 Å². The summed E-state index contributed by atoms with van der Waals surface area (Å²) >= 11 is 1.69. The number of aromatic nitrogens is 2. The molecule has 1 aliphatic heterocycles. The zero-order valence-electron chi connectivity index (χ0n) is 16.0. The molecule has 140 valence electrons. The number of piperidine rings is 1. The van der Waals surface area contributed by atoms with E-state index in [1.54, 1.807) is 25.2 Å². The second kappa shape index (κ2) is 7.91. The minimum atomic E-state index is -0.955. The standard InChI is InChI=1S/C20H27N3O2S/c1-14(2)18-21-19(25-22-18)15-6-5-11-23(12-15)13-17-8-7-16(26-17)9-10-20(3,4)24/h7-8,14-15,24H,5-6,11-13H2,1-4H3. The summed E-state index contributed by atoms with van der Waals surface area (Å²) in [6.45, 7) is 10.5. The van der Waals surface area contributed by atoms with Crippen LogP contribution in [0.2, 0.25) is 0 Å². The predicted molar refractivity (Wildman–Crippen MR) is 103 cm³/mol. The third-order valence-electron chi connectivity index (χ3n) is 4.36. The lowest BCUT2D eigenvalue weighted by Crippen LogP contribution is -2.33. The van der Waals surface area contributed by atoms with E-state index in [0.29, 0.717) is 11.8 Å². The van der Waals surface area contributed by atoms with Gasteiger partial charge in [0.25, 0.3) is 0 Å². The van der Waals surface area contributed by atoms with Gasteiger partial charge in [-0.2, -0.15) is 4.98 Å². The molecule has 0 saturated carbocycles. The van der Waals surface area contributed by atoms with E-state index < -0.39 is 5.60 Å². The van der Waals surface area contributed by atoms with Crippen LogP contribution in [-0.4, -0.2) is 38.8 Å². The lowest BCUT2D eigenvalue weighted by Gasteiger charge is -2.30. The topological polar surface area (TPSA) is 62.4 Å². The average Bonchev–Trinajstić information content (AvgIpc) is 3.22. The number of aliphatic hydroxyl groups is 1. The van der Waals surface area contributed by atoms with E-state index in [2.05, 4.69) is 46.8 Å². The summed E-state index contributed by atoms with van der Waals surface area (Å²) in [6, 6.07) is 4.17. The first-order valence-electron chi connectivity index (χ1n) is 9.20. The normalized spacial score (nSPS) is 18.8. The molecule has 5 nitrogen and oxygen atoms in total. The van der Waals surface area contributed by atoms with Gasteiger partial charge in [0.1, 0.15) is 5.60 Å². The summed E-state index contributed by atoms with van der Waals surface area (Å²) in [4.78, 5) is 9.32. The second-order valence-corrected chi connectivity index (χ2v) is 8.96. The van der Waals surface area contributed by atoms with Gasteiger partial charge in [-0.3, -0.25) is 4.90 Å². The molecule has 1 aliphatic rings. The highest BCUT2D eigenvalue weighted by Gasteiger charge is 2.26. The van der Waals surface area contributed by atoms with Crippen molar-refractivity contribution in [3.8, 4) is 11.8 Å². The molecule has 1 saturated heterocycles. The highest BCUT2D eigenvalue weighted by Crippen LogP contribution is 2.28. The summed E-state index contributed by atoms with van der Waals surface area (Å²) in [5, 5.41) is 13.8. The monoisotopic (exact) mass is 373 g/mol. The SMILES string of the molecule is CC(C)c1noc(C2CCCN(Cc3ccc(C#CC(C)(C)O)s3)C2)n1. The van der Waals surface area contributed by atoms with Gasteiger partial charge in [-0.05, 0) is 45.4 Å². The highest BCUT2D eigenvalue weighted by atomic mass is 32.1. The van der Waals surface area contributed by atoms with Crippen LogP contribution in [0.15, 0.2) is 16.7 Å². The zero-order valence-corrected chi connectivity index (χ0v) is 16.8. The van der Waals surface area contributed by atoms with Gasteiger partial charge in [-0.25, -0.2) is 0 Å². The second-order valence-electron chi connectivity index (χ2n) is 7.79. The van der Waals surface area contributed by atoms with Crippen molar-refractivity contribution >= 4 is 11.3 Å². The van der Waals surface area contributed by atoms with Crippen LogP contribution in [0.3, 0.4) is 0 Å². The first-order valence-corrected chi connectivity index (χ1v) is 10.0. The van der Waals surface area contributed by atoms with Gasteiger partial charge >= 0.3 is 0 Å². The Balaban J connectivity index is 1.61. The van der Waals surface area contributed by atoms with Gasteiger partial charge in [0.05, 0.1) is 10.8 Å². The first kappa shape index (κ1) is 19.1. The summed E-state index contributed by atoms with van der Waals surface area (Å²) in [6.07, 6.45) is 2.24. The fourth-order valence-electron chi connectivity index (χ4n) is 3.01. The molecule has 0 aliphatic carbocycles. The van der Waals surface area contributed by atoms with E-state index in [1.165, 1.54) is 4.88 Å². The largest absolute Gasteiger partial charge is 0.378 e. The van der Waals surface area contributed by atoms with Crippen molar-refractivity contribution in [2.24, 2.45) is 0 Å². The molecule has 1 unspecified atom stereocenters. The lowest BCUT2D eigenvalue weighted by atomic mass is 9.98. The Hall–Kier alpha value is -1.68. The van der Waals surface area contributed by atoms with Gasteiger partial charge in [0, 0.05) is 23.9 Å². The summed E-state index contributed by atoms with van der Waals surface area (Å²) in [7, 11) is 0. The number of thiophene rings is 1. The molecular weight excluding hydrogens is 346 g/mol. The Morgan fingerprint density at radius 2 is 2.23 bits per heavy atom. The molecule has 2 aromatic rings. The Labute approximate surface area is 159 Å². The molecule has 1 atom stereocenters. The quantitative estimate of drug-likeness (QED) is 0.827. The van der Waals surface area contributed by atoms with Crippen LogP contribution in [0.4, 0.5) is 0 Å². The molecule has 3 rings (SSSR count). The van der Waals surface area contributed by atoms with E-state index in [1.807, 2.05) is 6.07 Å². The molecule has 0 amide bonds. The zero-order chi connectivity index (χ0) is 18.7. The first-order chi connectivity index (χ1) is 12.3. The van der Waals surface area contributed by atoms with E-state index >= 15 is 0 Å². The molecule has 1 N–H and O–H groups in total. The van der Waals surface area contributed by atoms with Crippen LogP contribution in [0.5, 0.6) is 0 Å². The van der Waals surface area contributed by atoms with Crippen LogP contribution in [0.1, 0.15) is 73.8 Å². The number of rotatable bonds is 4. The van der Waals surface area contributed by atoms with E-state index in [0.717, 1.165) is 49.1 Å². The van der Waals surface area contributed by atoms with Crippen molar-refractivity contribution < 1.29 is 9.63 Å². The third-order valence-corrected chi connectivity index (χ3v) is 5.35. The molecule has 1 fully saturated rings. The Kier molecular flexibility index (Phi) is 5.81. The average molecular weight is 374 g/mol. The molecule has 6 heteroatoms. The minimum absolute atomic E-state index is 0.293. The Bertz CT molecular complexity index is 792. The van der Waals surface area contributed by atoms with E-state index in [9.17, 15) is 5.11 Å². The van der Waals surface area contributed by atoms with Crippen molar-refractivity contribution in [2.75, 3.05) is 13.1 Å². The smallest absolute Gasteiger partial charge is 0.231 e. The van der Waals surface area contributed by atoms with Crippen molar-refractivity contribution in [1.82, 2.24) is 15.0 Å². The summed E-state index contributed by atoms with van der Waals surface area (Å²) < 4.78 is 5.50. The number of hydrogen-bond donors (Lipinski definition) is 1. The number of nitrogens with zero attached hydrogens (tertiary/aromatic N) is 3. The molecule has 0 bridgehead atoms. The molecule has 0 spiro atoms. The summed E-state index contributed by atoms with van der Waals surface area (Å²) in [5.41, 5.74) is -0.955. The maximum atomic E-state index is 9.72. The van der Waals surface area contributed by atoms with Crippen LogP contribution in [0, 0.1) is 11.8 Å². The molecule has 0 aromatic carbocycles. The van der Waals surface area contributed by atoms with Crippen molar-refractivity contribution in [2.45, 2.75) is 64.5 Å². The summed E-state index contributed by atoms with van der Waals surface area (Å²) in [5.74, 6) is 8.11. The predicted octanol–water partition coefficient (Wildman–Crippen LogP) is 3.76. The van der Waals surface area contributed by atoms with Gasteiger partial charge in [-0.1, -0.05) is 30.8 Å². The number of likely N-dealkylation sites (tertiary alicyclic amines) is 1. The van der Waals surface area contributed by atoms with Crippen LogP contribution in [0.25, 0.3) is 0 Å². The molecule has 26 heavy (non-hydrogen) atoms. The van der Waals surface area contributed by atoms with E-state index in [-0.39, 0.29) is 0 Å². The van der Waals surface area contributed by atoms with Gasteiger partial charge in [-0.15, -0.1) is 11.3 Å². The van der Waals surface area contributed by atoms with E-state index in [4.69, 9.17) is 4.52 Å². The lowest BCUT2D eigenvalue weighted by molar-refractivity contribution is 0.143. The fourth-order valence-corrected chi connectivity index (χ4v) is 3.92. The van der Waals surface area contributed by atoms with Gasteiger partial charge in [0.2, 0.25) is 5.89 Å². The van der Waals surface area contributed by atoms with Gasteiger partial charge in [0.15, 0.2) is 5.82 Å².